The summed E-state index contributed by atoms with van der Waals surface area (Å²) in [4.78, 5) is 12.6. The van der Waals surface area contributed by atoms with E-state index >= 15 is 0 Å². The second-order valence-corrected chi connectivity index (χ2v) is 8.96. The van der Waals surface area contributed by atoms with E-state index in [-0.39, 0.29) is 4.90 Å². The van der Waals surface area contributed by atoms with Crippen molar-refractivity contribution in [2.75, 3.05) is 13.6 Å². The molecule has 1 saturated carbocycles. The van der Waals surface area contributed by atoms with E-state index in [9.17, 15) is 13.2 Å². The van der Waals surface area contributed by atoms with E-state index in [4.69, 9.17) is 0 Å². The van der Waals surface area contributed by atoms with Crippen LogP contribution in [0.15, 0.2) is 59.5 Å². The Bertz CT molecular complexity index is 875. The Balaban J connectivity index is 1.78. The Hall–Kier alpha value is -2.34. The van der Waals surface area contributed by atoms with Gasteiger partial charge in [-0.05, 0) is 30.4 Å². The average molecular weight is 387 g/mol. The Kier molecular flexibility index (Phi) is 6.16. The number of carbonyl (C=O) groups is 1. The third-order valence-electron chi connectivity index (χ3n) is 5.16. The molecule has 0 aromatic heterocycles. The SMILES string of the molecule is CN(C(=O)NCC1CCCCC1)S(=O)(=O)c1ccccc1-c1ccccc1. The summed E-state index contributed by atoms with van der Waals surface area (Å²) in [7, 11) is -2.64. The predicted octanol–water partition coefficient (Wildman–Crippen LogP) is 4.26. The molecule has 0 atom stereocenters. The van der Waals surface area contributed by atoms with Gasteiger partial charge >= 0.3 is 6.03 Å². The number of benzene rings is 2. The molecule has 2 amide bonds. The van der Waals surface area contributed by atoms with Crippen molar-refractivity contribution in [1.82, 2.24) is 9.62 Å². The van der Waals surface area contributed by atoms with Crippen molar-refractivity contribution in [2.24, 2.45) is 5.92 Å². The second kappa shape index (κ2) is 8.57. The number of hydrogen-bond acceptors (Lipinski definition) is 3. The van der Waals surface area contributed by atoms with Crippen molar-refractivity contribution >= 4 is 16.1 Å². The molecule has 0 bridgehead atoms. The van der Waals surface area contributed by atoms with Crippen LogP contribution in [0.1, 0.15) is 32.1 Å². The van der Waals surface area contributed by atoms with Crippen molar-refractivity contribution in [3.05, 3.63) is 54.6 Å². The van der Waals surface area contributed by atoms with Gasteiger partial charge in [0.2, 0.25) is 0 Å². The number of nitrogens with one attached hydrogen (secondary N) is 1. The molecule has 0 spiro atoms. The lowest BCUT2D eigenvalue weighted by molar-refractivity contribution is 0.223. The molecule has 1 aliphatic rings. The summed E-state index contributed by atoms with van der Waals surface area (Å²) < 4.78 is 27.0. The van der Waals surface area contributed by atoms with Gasteiger partial charge in [0.15, 0.2) is 0 Å². The minimum absolute atomic E-state index is 0.131. The summed E-state index contributed by atoms with van der Waals surface area (Å²) in [5, 5.41) is 2.80. The van der Waals surface area contributed by atoms with Gasteiger partial charge in [0.1, 0.15) is 0 Å². The van der Waals surface area contributed by atoms with Crippen LogP contribution in [0.25, 0.3) is 11.1 Å². The standard InChI is InChI=1S/C21H26N2O3S/c1-23(21(24)22-16-17-10-4-2-5-11-17)27(25,26)20-15-9-8-14-19(20)18-12-6-3-7-13-18/h3,6-9,12-15,17H,2,4-5,10-11,16H2,1H3,(H,22,24). The predicted molar refractivity (Wildman–Crippen MR) is 107 cm³/mol. The minimum atomic E-state index is -3.95. The van der Waals surface area contributed by atoms with Gasteiger partial charge < -0.3 is 5.32 Å². The van der Waals surface area contributed by atoms with Gasteiger partial charge in [-0.3, -0.25) is 0 Å². The van der Waals surface area contributed by atoms with Gasteiger partial charge in [0.25, 0.3) is 10.0 Å². The maximum absolute atomic E-state index is 13.1. The van der Waals surface area contributed by atoms with E-state index in [1.54, 1.807) is 24.3 Å². The minimum Gasteiger partial charge on any atom is -0.337 e. The smallest absolute Gasteiger partial charge is 0.331 e. The van der Waals surface area contributed by atoms with Crippen LogP contribution in [0.4, 0.5) is 4.79 Å². The fourth-order valence-corrected chi connectivity index (χ4v) is 4.83. The highest BCUT2D eigenvalue weighted by Crippen LogP contribution is 2.29. The van der Waals surface area contributed by atoms with Crippen LogP contribution in [-0.2, 0) is 10.0 Å². The molecule has 1 fully saturated rings. The average Bonchev–Trinajstić information content (AvgIpc) is 2.72. The third kappa shape index (κ3) is 4.50. The zero-order valence-electron chi connectivity index (χ0n) is 15.6. The first-order chi connectivity index (χ1) is 13.0. The molecule has 0 heterocycles. The summed E-state index contributed by atoms with van der Waals surface area (Å²) in [6.45, 7) is 0.527. The zero-order chi connectivity index (χ0) is 19.3. The van der Waals surface area contributed by atoms with Crippen molar-refractivity contribution in [3.8, 4) is 11.1 Å². The Morgan fingerprint density at radius 1 is 1.00 bits per heavy atom. The highest BCUT2D eigenvalue weighted by atomic mass is 32.2. The lowest BCUT2D eigenvalue weighted by Crippen LogP contribution is -2.43. The molecule has 0 radical (unpaired) electrons. The number of amides is 2. The molecule has 5 nitrogen and oxygen atoms in total. The third-order valence-corrected chi connectivity index (χ3v) is 6.96. The normalized spacial score (nSPS) is 15.3. The van der Waals surface area contributed by atoms with Crippen LogP contribution in [0, 0.1) is 5.92 Å². The maximum Gasteiger partial charge on any atom is 0.331 e. The fraction of sp³-hybridized carbons (Fsp3) is 0.381. The van der Waals surface area contributed by atoms with Crippen LogP contribution in [0.5, 0.6) is 0 Å². The van der Waals surface area contributed by atoms with Crippen LogP contribution in [0.2, 0.25) is 0 Å². The molecule has 2 aromatic rings. The van der Waals surface area contributed by atoms with E-state index in [0.29, 0.717) is 18.0 Å². The lowest BCUT2D eigenvalue weighted by atomic mass is 9.89. The number of urea groups is 1. The van der Waals surface area contributed by atoms with Crippen molar-refractivity contribution in [1.29, 1.82) is 0 Å². The summed E-state index contributed by atoms with van der Waals surface area (Å²) in [5.74, 6) is 0.440. The first kappa shape index (κ1) is 19.4. The second-order valence-electron chi connectivity index (χ2n) is 7.02. The summed E-state index contributed by atoms with van der Waals surface area (Å²) in [6, 6.07) is 15.5. The molecular weight excluding hydrogens is 360 g/mol. The largest absolute Gasteiger partial charge is 0.337 e. The number of hydrogen-bond donors (Lipinski definition) is 1. The van der Waals surface area contributed by atoms with E-state index in [1.165, 1.54) is 26.3 Å². The van der Waals surface area contributed by atoms with Gasteiger partial charge in [-0.15, -0.1) is 0 Å². The van der Waals surface area contributed by atoms with Gasteiger partial charge in [-0.2, -0.15) is 0 Å². The lowest BCUT2D eigenvalue weighted by Gasteiger charge is -2.24. The van der Waals surface area contributed by atoms with Crippen molar-refractivity contribution in [3.63, 3.8) is 0 Å². The van der Waals surface area contributed by atoms with Crippen LogP contribution in [0.3, 0.4) is 0 Å². The summed E-state index contributed by atoms with van der Waals surface area (Å²) >= 11 is 0. The molecule has 2 aromatic carbocycles. The van der Waals surface area contributed by atoms with Gasteiger partial charge in [0, 0.05) is 19.2 Å². The molecule has 0 unspecified atom stereocenters. The molecule has 6 heteroatoms. The molecule has 1 aliphatic carbocycles. The van der Waals surface area contributed by atoms with E-state index in [2.05, 4.69) is 5.32 Å². The van der Waals surface area contributed by atoms with Crippen molar-refractivity contribution in [2.45, 2.75) is 37.0 Å². The molecule has 0 aliphatic heterocycles. The maximum atomic E-state index is 13.1. The van der Waals surface area contributed by atoms with Gasteiger partial charge in [-0.25, -0.2) is 17.5 Å². The van der Waals surface area contributed by atoms with E-state index in [1.807, 2.05) is 30.3 Å². The molecule has 27 heavy (non-hydrogen) atoms. The quantitative estimate of drug-likeness (QED) is 0.835. The number of nitrogens with zero attached hydrogens (tertiary/aromatic N) is 1. The molecule has 0 saturated heterocycles. The first-order valence-corrected chi connectivity index (χ1v) is 10.9. The van der Waals surface area contributed by atoms with Crippen LogP contribution >= 0.6 is 0 Å². The monoisotopic (exact) mass is 386 g/mol. The zero-order valence-corrected chi connectivity index (χ0v) is 16.4. The number of rotatable bonds is 5. The molecule has 1 N–H and O–H groups in total. The summed E-state index contributed by atoms with van der Waals surface area (Å²) in [5.41, 5.74) is 1.39. The fourth-order valence-electron chi connectivity index (χ4n) is 3.54. The van der Waals surface area contributed by atoms with Crippen LogP contribution < -0.4 is 5.32 Å². The van der Waals surface area contributed by atoms with Crippen LogP contribution in [-0.4, -0.2) is 32.3 Å². The first-order valence-electron chi connectivity index (χ1n) is 9.41. The molecule has 144 valence electrons. The Labute approximate surface area is 161 Å². The molecular formula is C21H26N2O3S. The number of sulfonamides is 1. The Morgan fingerprint density at radius 3 is 2.33 bits per heavy atom. The Morgan fingerprint density at radius 2 is 1.63 bits per heavy atom. The van der Waals surface area contributed by atoms with E-state index in [0.717, 1.165) is 22.7 Å². The highest BCUT2D eigenvalue weighted by Gasteiger charge is 2.28. The van der Waals surface area contributed by atoms with E-state index < -0.39 is 16.1 Å². The topological polar surface area (TPSA) is 66.5 Å². The summed E-state index contributed by atoms with van der Waals surface area (Å²) in [6.07, 6.45) is 5.79. The van der Waals surface area contributed by atoms with Gasteiger partial charge in [-0.1, -0.05) is 67.8 Å². The van der Waals surface area contributed by atoms with Crippen molar-refractivity contribution < 1.29 is 13.2 Å². The highest BCUT2D eigenvalue weighted by molar-refractivity contribution is 7.89. The molecule has 3 rings (SSSR count). The number of carbonyl (C=O) groups excluding carboxylic acids is 1. The van der Waals surface area contributed by atoms with Gasteiger partial charge in [0.05, 0.1) is 4.90 Å².